The molecule has 1 aromatic heterocycles. The molecule has 0 unspecified atom stereocenters. The van der Waals surface area contributed by atoms with E-state index >= 15 is 0 Å². The molecule has 36 heavy (non-hydrogen) atoms. The zero-order valence-corrected chi connectivity index (χ0v) is 22.5. The summed E-state index contributed by atoms with van der Waals surface area (Å²) < 4.78 is 39.4. The van der Waals surface area contributed by atoms with Crippen LogP contribution in [0.3, 0.4) is 0 Å². The Bertz CT molecular complexity index is 985. The number of alkyl halides is 3. The Morgan fingerprint density at radius 3 is 2.47 bits per heavy atom. The van der Waals surface area contributed by atoms with Crippen LogP contribution < -0.4 is 5.32 Å². The summed E-state index contributed by atoms with van der Waals surface area (Å²) in [5.41, 5.74) is 0.833. The second-order valence-corrected chi connectivity index (χ2v) is 10.1. The Morgan fingerprint density at radius 1 is 1.17 bits per heavy atom. The Kier molecular flexibility index (Phi) is 13.1. The monoisotopic (exact) mass is 520 g/mol. The number of hydrogen-bond donors (Lipinski definition) is 1. The van der Waals surface area contributed by atoms with Gasteiger partial charge in [0.05, 0.1) is 33.5 Å². The van der Waals surface area contributed by atoms with E-state index < -0.39 is 11.7 Å². The summed E-state index contributed by atoms with van der Waals surface area (Å²) in [7, 11) is 0. The number of hydrogen-bond acceptors (Lipinski definition) is 5. The molecule has 4 nitrogen and oxygen atoms in total. The van der Waals surface area contributed by atoms with Crippen molar-refractivity contribution in [2.24, 2.45) is 9.98 Å². The predicted molar refractivity (Wildman–Crippen MR) is 147 cm³/mol. The first kappa shape index (κ1) is 29.9. The number of unbranched alkanes of at least 4 members (excludes halogenated alkanes) is 4. The molecule has 1 N–H and O–H groups in total. The molecule has 1 saturated carbocycles. The van der Waals surface area contributed by atoms with Crippen LogP contribution in [0.25, 0.3) is 11.3 Å². The van der Waals surface area contributed by atoms with Gasteiger partial charge in [-0.15, -0.1) is 11.3 Å². The first-order valence-corrected chi connectivity index (χ1v) is 13.7. The minimum Gasteiger partial charge on any atom is -0.296 e. The van der Waals surface area contributed by atoms with Crippen LogP contribution in [0, 0.1) is 6.92 Å². The van der Waals surface area contributed by atoms with Crippen molar-refractivity contribution < 1.29 is 13.2 Å². The van der Waals surface area contributed by atoms with Gasteiger partial charge in [-0.05, 0) is 44.7 Å². The van der Waals surface area contributed by atoms with Gasteiger partial charge < -0.3 is 0 Å². The van der Waals surface area contributed by atoms with E-state index in [1.807, 2.05) is 6.92 Å². The Hall–Kier alpha value is -2.32. The number of rotatable bonds is 11. The molecule has 3 rings (SSSR count). The Morgan fingerprint density at radius 2 is 1.86 bits per heavy atom. The van der Waals surface area contributed by atoms with Gasteiger partial charge in [-0.25, -0.2) is 4.98 Å². The van der Waals surface area contributed by atoms with E-state index in [9.17, 15) is 13.2 Å². The molecule has 0 saturated heterocycles. The zero-order chi connectivity index (χ0) is 26.4. The van der Waals surface area contributed by atoms with Gasteiger partial charge in [0.1, 0.15) is 0 Å². The molecule has 0 bridgehead atoms. The lowest BCUT2D eigenvalue weighted by Gasteiger charge is -2.11. The van der Waals surface area contributed by atoms with Crippen LogP contribution in [0.5, 0.6) is 0 Å². The topological polar surface area (TPSA) is 49.6 Å². The molecule has 1 fully saturated rings. The van der Waals surface area contributed by atoms with E-state index in [2.05, 4.69) is 40.9 Å². The number of allylic oxidation sites excluding steroid dienone is 1. The number of thiazole rings is 1. The molecule has 1 heterocycles. The van der Waals surface area contributed by atoms with Crippen molar-refractivity contribution in [2.45, 2.75) is 90.8 Å². The molecular formula is C28H39F3N4S. The summed E-state index contributed by atoms with van der Waals surface area (Å²) in [6.07, 6.45) is 10.6. The fraction of sp³-hybridized carbons (Fsp3) is 0.536. The SMILES string of the molecule is C=N/C=C\C(=N/CNC1CCCC1)c1sc(C)nc1-c1cccc(C(F)(F)F)c1.CCCCCCC. The molecule has 198 valence electrons. The Labute approximate surface area is 217 Å². The van der Waals surface area contributed by atoms with Crippen LogP contribution in [0.1, 0.15) is 87.1 Å². The van der Waals surface area contributed by atoms with Crippen molar-refractivity contribution in [2.75, 3.05) is 6.67 Å². The molecule has 0 atom stereocenters. The highest BCUT2D eigenvalue weighted by Crippen LogP contribution is 2.34. The predicted octanol–water partition coefficient (Wildman–Crippen LogP) is 8.61. The molecule has 1 aromatic carbocycles. The lowest BCUT2D eigenvalue weighted by atomic mass is 10.1. The van der Waals surface area contributed by atoms with Crippen LogP contribution in [-0.2, 0) is 6.18 Å². The number of aliphatic imine (C=N–C) groups is 2. The second-order valence-electron chi connectivity index (χ2n) is 8.94. The minimum absolute atomic E-state index is 0.413. The first-order valence-electron chi connectivity index (χ1n) is 12.9. The summed E-state index contributed by atoms with van der Waals surface area (Å²) in [6.45, 7) is 10.2. The van der Waals surface area contributed by atoms with Crippen LogP contribution in [0.15, 0.2) is 46.5 Å². The molecule has 1 aliphatic rings. The summed E-state index contributed by atoms with van der Waals surface area (Å²) in [5, 5.41) is 4.17. The van der Waals surface area contributed by atoms with E-state index in [1.165, 1.54) is 68.5 Å². The van der Waals surface area contributed by atoms with Crippen LogP contribution in [-0.4, -0.2) is 30.1 Å². The van der Waals surface area contributed by atoms with Crippen LogP contribution in [0.2, 0.25) is 0 Å². The van der Waals surface area contributed by atoms with E-state index in [0.29, 0.717) is 29.7 Å². The standard InChI is InChI=1S/C21H23F3N4S.C7H16/c1-14-28-19(15-6-5-7-16(12-15)21(22,23)24)20(29-14)18(10-11-25-2)27-13-26-17-8-3-4-9-17;1-3-5-7-6-4-2/h5-7,10-12,17,26H,2-4,8-9,13H2,1H3;3-7H2,1-2H3/b11-10-,27-18+;. The highest BCUT2D eigenvalue weighted by molar-refractivity contribution is 7.14. The van der Waals surface area contributed by atoms with Gasteiger partial charge in [0.2, 0.25) is 0 Å². The van der Waals surface area contributed by atoms with Crippen molar-refractivity contribution >= 4 is 23.8 Å². The van der Waals surface area contributed by atoms with E-state index in [-0.39, 0.29) is 0 Å². The molecule has 2 aromatic rings. The summed E-state index contributed by atoms with van der Waals surface area (Å²) >= 11 is 1.40. The number of aromatic nitrogens is 1. The van der Waals surface area contributed by atoms with Gasteiger partial charge in [-0.2, -0.15) is 13.2 Å². The molecule has 0 spiro atoms. The third-order valence-electron chi connectivity index (χ3n) is 5.96. The largest absolute Gasteiger partial charge is 0.416 e. The lowest BCUT2D eigenvalue weighted by molar-refractivity contribution is -0.137. The number of halogens is 3. The smallest absolute Gasteiger partial charge is 0.296 e. The maximum Gasteiger partial charge on any atom is 0.416 e. The quantitative estimate of drug-likeness (QED) is 0.238. The van der Waals surface area contributed by atoms with Crippen molar-refractivity contribution in [1.29, 1.82) is 0 Å². The number of aryl methyl sites for hydroxylation is 1. The maximum absolute atomic E-state index is 13.1. The van der Waals surface area contributed by atoms with Gasteiger partial charge in [0, 0.05) is 17.8 Å². The third kappa shape index (κ3) is 9.97. The normalized spacial score (nSPS) is 14.8. The molecular weight excluding hydrogens is 481 g/mol. The molecule has 0 aliphatic heterocycles. The van der Waals surface area contributed by atoms with Crippen molar-refractivity contribution in [3.8, 4) is 11.3 Å². The van der Waals surface area contributed by atoms with Gasteiger partial charge >= 0.3 is 6.18 Å². The van der Waals surface area contributed by atoms with Gasteiger partial charge in [-0.1, -0.05) is 70.9 Å². The highest BCUT2D eigenvalue weighted by Gasteiger charge is 2.31. The highest BCUT2D eigenvalue weighted by atomic mass is 32.1. The summed E-state index contributed by atoms with van der Waals surface area (Å²) in [6, 6.07) is 5.69. The summed E-state index contributed by atoms with van der Waals surface area (Å²) in [4.78, 5) is 13.6. The van der Waals surface area contributed by atoms with Crippen molar-refractivity contribution in [3.63, 3.8) is 0 Å². The van der Waals surface area contributed by atoms with Gasteiger partial charge in [-0.3, -0.25) is 15.3 Å². The first-order chi connectivity index (χ1) is 17.3. The number of nitrogens with zero attached hydrogens (tertiary/aromatic N) is 3. The second kappa shape index (κ2) is 15.7. The minimum atomic E-state index is -4.41. The average Bonchev–Trinajstić information content (AvgIpc) is 3.51. The Balaban J connectivity index is 0.000000572. The van der Waals surface area contributed by atoms with Crippen molar-refractivity contribution in [3.05, 3.63) is 52.0 Å². The third-order valence-corrected chi connectivity index (χ3v) is 6.95. The molecule has 0 radical (unpaired) electrons. The molecule has 0 amide bonds. The summed E-state index contributed by atoms with van der Waals surface area (Å²) in [5.74, 6) is 0. The maximum atomic E-state index is 13.1. The number of nitrogens with one attached hydrogen (secondary N) is 1. The molecule has 1 aliphatic carbocycles. The lowest BCUT2D eigenvalue weighted by Crippen LogP contribution is -2.26. The van der Waals surface area contributed by atoms with Crippen LogP contribution in [0.4, 0.5) is 13.2 Å². The molecule has 8 heteroatoms. The fourth-order valence-electron chi connectivity index (χ4n) is 4.03. The zero-order valence-electron chi connectivity index (χ0n) is 21.7. The van der Waals surface area contributed by atoms with E-state index in [0.717, 1.165) is 34.9 Å². The van der Waals surface area contributed by atoms with Crippen molar-refractivity contribution in [1.82, 2.24) is 10.3 Å². The average molecular weight is 521 g/mol. The van der Waals surface area contributed by atoms with E-state index in [4.69, 9.17) is 0 Å². The van der Waals surface area contributed by atoms with Gasteiger partial charge in [0.25, 0.3) is 0 Å². The van der Waals surface area contributed by atoms with Crippen LogP contribution >= 0.6 is 11.3 Å². The number of benzene rings is 1. The van der Waals surface area contributed by atoms with Gasteiger partial charge in [0.15, 0.2) is 0 Å². The van der Waals surface area contributed by atoms with E-state index in [1.54, 1.807) is 12.1 Å². The fourth-order valence-corrected chi connectivity index (χ4v) is 4.96.